The fraction of sp³-hybridized carbons (Fsp3) is 0.467. The second kappa shape index (κ2) is 6.58. The van der Waals surface area contributed by atoms with Crippen LogP contribution in [-0.2, 0) is 0 Å². The smallest absolute Gasteiger partial charge is 0.272 e. The Balaban J connectivity index is 2.05. The number of nitrogens with two attached hydrogens (primary N) is 1. The lowest BCUT2D eigenvalue weighted by Gasteiger charge is -2.17. The number of rotatable bonds is 6. The SMILES string of the molecule is Cc1ccc(-c2cc(C(=O)NC(CN)CC(C)C)n[nH]2)o1. The normalized spacial score (nSPS) is 12.6. The molecule has 0 fully saturated rings. The third-order valence-corrected chi connectivity index (χ3v) is 3.19. The van der Waals surface area contributed by atoms with E-state index in [1.807, 2.05) is 19.1 Å². The van der Waals surface area contributed by atoms with Gasteiger partial charge in [-0.25, -0.2) is 0 Å². The fourth-order valence-corrected chi connectivity index (χ4v) is 2.19. The van der Waals surface area contributed by atoms with E-state index in [1.54, 1.807) is 6.07 Å². The van der Waals surface area contributed by atoms with Crippen LogP contribution in [0.15, 0.2) is 22.6 Å². The van der Waals surface area contributed by atoms with Crippen LogP contribution in [0.4, 0.5) is 0 Å². The molecule has 2 aromatic rings. The standard InChI is InChI=1S/C15H22N4O2/c1-9(2)6-11(8-16)17-15(20)13-7-12(18-19-13)14-5-4-10(3)21-14/h4-5,7,9,11H,6,8,16H2,1-3H3,(H,17,20)(H,18,19). The van der Waals surface area contributed by atoms with Gasteiger partial charge in [0.1, 0.15) is 11.5 Å². The molecule has 1 amide bonds. The fourth-order valence-electron chi connectivity index (χ4n) is 2.19. The van der Waals surface area contributed by atoms with Crippen molar-refractivity contribution in [1.82, 2.24) is 15.5 Å². The molecule has 4 N–H and O–H groups in total. The second-order valence-electron chi connectivity index (χ2n) is 5.61. The van der Waals surface area contributed by atoms with Crippen LogP contribution in [0.5, 0.6) is 0 Å². The van der Waals surface area contributed by atoms with Crippen molar-refractivity contribution in [2.45, 2.75) is 33.2 Å². The molecule has 2 rings (SSSR count). The van der Waals surface area contributed by atoms with Crippen molar-refractivity contribution in [3.05, 3.63) is 29.7 Å². The number of aryl methyl sites for hydroxylation is 1. The van der Waals surface area contributed by atoms with Crippen molar-refractivity contribution in [3.63, 3.8) is 0 Å². The molecule has 0 aliphatic carbocycles. The highest BCUT2D eigenvalue weighted by Gasteiger charge is 2.17. The van der Waals surface area contributed by atoms with Crippen molar-refractivity contribution in [3.8, 4) is 11.5 Å². The lowest BCUT2D eigenvalue weighted by molar-refractivity contribution is 0.0928. The van der Waals surface area contributed by atoms with E-state index in [9.17, 15) is 4.79 Å². The summed E-state index contributed by atoms with van der Waals surface area (Å²) in [4.78, 5) is 12.2. The number of hydrogen-bond donors (Lipinski definition) is 3. The maximum Gasteiger partial charge on any atom is 0.272 e. The summed E-state index contributed by atoms with van der Waals surface area (Å²) in [6.45, 7) is 6.48. The minimum absolute atomic E-state index is 0.0384. The van der Waals surface area contributed by atoms with Gasteiger partial charge in [0.25, 0.3) is 5.91 Å². The summed E-state index contributed by atoms with van der Waals surface area (Å²) in [5, 5.41) is 9.75. The Hall–Kier alpha value is -2.08. The Morgan fingerprint density at radius 1 is 1.48 bits per heavy atom. The zero-order valence-corrected chi connectivity index (χ0v) is 12.6. The molecule has 1 atom stereocenters. The van der Waals surface area contributed by atoms with Gasteiger partial charge in [-0.05, 0) is 31.4 Å². The van der Waals surface area contributed by atoms with Crippen molar-refractivity contribution in [2.24, 2.45) is 11.7 Å². The number of aromatic amines is 1. The number of carbonyl (C=O) groups excluding carboxylic acids is 1. The van der Waals surface area contributed by atoms with Gasteiger partial charge in [0.2, 0.25) is 0 Å². The molecule has 0 spiro atoms. The van der Waals surface area contributed by atoms with Gasteiger partial charge in [-0.1, -0.05) is 13.8 Å². The van der Waals surface area contributed by atoms with E-state index < -0.39 is 0 Å². The molecule has 2 aromatic heterocycles. The number of carbonyl (C=O) groups is 1. The van der Waals surface area contributed by atoms with E-state index in [-0.39, 0.29) is 11.9 Å². The van der Waals surface area contributed by atoms with Crippen molar-refractivity contribution < 1.29 is 9.21 Å². The van der Waals surface area contributed by atoms with Crippen LogP contribution in [0.25, 0.3) is 11.5 Å². The summed E-state index contributed by atoms with van der Waals surface area (Å²) >= 11 is 0. The van der Waals surface area contributed by atoms with Crippen LogP contribution < -0.4 is 11.1 Å². The molecular formula is C15H22N4O2. The minimum atomic E-state index is -0.225. The molecule has 1 unspecified atom stereocenters. The average Bonchev–Trinajstić information content (AvgIpc) is 3.05. The summed E-state index contributed by atoms with van der Waals surface area (Å²) < 4.78 is 5.49. The number of amides is 1. The average molecular weight is 290 g/mol. The number of aromatic nitrogens is 2. The second-order valence-corrected chi connectivity index (χ2v) is 5.61. The third kappa shape index (κ3) is 3.95. The van der Waals surface area contributed by atoms with Gasteiger partial charge in [0.05, 0.1) is 0 Å². The van der Waals surface area contributed by atoms with Gasteiger partial charge in [0, 0.05) is 18.7 Å². The van der Waals surface area contributed by atoms with Crippen LogP contribution in [-0.4, -0.2) is 28.7 Å². The van der Waals surface area contributed by atoms with Crippen LogP contribution in [0, 0.1) is 12.8 Å². The molecule has 6 heteroatoms. The molecule has 0 aliphatic rings. The van der Waals surface area contributed by atoms with Gasteiger partial charge in [-0.2, -0.15) is 5.10 Å². The van der Waals surface area contributed by atoms with Crippen LogP contribution in [0.3, 0.4) is 0 Å². The van der Waals surface area contributed by atoms with E-state index in [1.165, 1.54) is 0 Å². The summed E-state index contributed by atoms with van der Waals surface area (Å²) in [6.07, 6.45) is 0.844. The lowest BCUT2D eigenvalue weighted by atomic mass is 10.0. The van der Waals surface area contributed by atoms with Crippen molar-refractivity contribution in [1.29, 1.82) is 0 Å². The van der Waals surface area contributed by atoms with Crippen LogP contribution in [0.2, 0.25) is 0 Å². The predicted molar refractivity (Wildman–Crippen MR) is 80.8 cm³/mol. The van der Waals surface area contributed by atoms with E-state index in [0.717, 1.165) is 12.2 Å². The molecule has 0 bridgehead atoms. The largest absolute Gasteiger partial charge is 0.460 e. The van der Waals surface area contributed by atoms with Gasteiger partial charge in [-0.15, -0.1) is 0 Å². The number of H-pyrrole nitrogens is 1. The molecule has 0 radical (unpaired) electrons. The van der Waals surface area contributed by atoms with Gasteiger partial charge in [0.15, 0.2) is 11.5 Å². The van der Waals surface area contributed by atoms with E-state index in [4.69, 9.17) is 10.2 Å². The quantitative estimate of drug-likeness (QED) is 0.758. The third-order valence-electron chi connectivity index (χ3n) is 3.19. The first kappa shape index (κ1) is 15.3. The Labute approximate surface area is 124 Å². The number of nitrogens with one attached hydrogen (secondary N) is 2. The zero-order chi connectivity index (χ0) is 15.4. The highest BCUT2D eigenvalue weighted by atomic mass is 16.3. The number of furan rings is 1. The topological polar surface area (TPSA) is 96.9 Å². The molecule has 0 aliphatic heterocycles. The Kier molecular flexibility index (Phi) is 4.80. The molecule has 6 nitrogen and oxygen atoms in total. The number of nitrogens with zero attached hydrogens (tertiary/aromatic N) is 1. The first-order chi connectivity index (χ1) is 9.99. The Bertz CT molecular complexity index is 600. The van der Waals surface area contributed by atoms with Gasteiger partial charge >= 0.3 is 0 Å². The van der Waals surface area contributed by atoms with Crippen molar-refractivity contribution >= 4 is 5.91 Å². The molecule has 0 saturated carbocycles. The lowest BCUT2D eigenvalue weighted by Crippen LogP contribution is -2.41. The predicted octanol–water partition coefficient (Wildman–Crippen LogP) is 2.08. The Morgan fingerprint density at radius 3 is 2.81 bits per heavy atom. The first-order valence-electron chi connectivity index (χ1n) is 7.12. The van der Waals surface area contributed by atoms with E-state index in [0.29, 0.717) is 29.6 Å². The monoisotopic (exact) mass is 290 g/mol. The van der Waals surface area contributed by atoms with Gasteiger partial charge in [-0.3, -0.25) is 9.89 Å². The summed E-state index contributed by atoms with van der Waals surface area (Å²) in [5.41, 5.74) is 6.70. The van der Waals surface area contributed by atoms with Crippen molar-refractivity contribution in [2.75, 3.05) is 6.54 Å². The maximum atomic E-state index is 12.2. The van der Waals surface area contributed by atoms with Crippen LogP contribution >= 0.6 is 0 Å². The van der Waals surface area contributed by atoms with E-state index >= 15 is 0 Å². The summed E-state index contributed by atoms with van der Waals surface area (Å²) in [6, 6.07) is 5.34. The molecule has 2 heterocycles. The maximum absolute atomic E-state index is 12.2. The molecule has 0 saturated heterocycles. The summed E-state index contributed by atoms with van der Waals surface area (Å²) in [7, 11) is 0. The first-order valence-corrected chi connectivity index (χ1v) is 7.12. The van der Waals surface area contributed by atoms with E-state index in [2.05, 4.69) is 29.4 Å². The minimum Gasteiger partial charge on any atom is -0.460 e. The molecule has 114 valence electrons. The van der Waals surface area contributed by atoms with Gasteiger partial charge < -0.3 is 15.5 Å². The molecular weight excluding hydrogens is 268 g/mol. The zero-order valence-electron chi connectivity index (χ0n) is 12.6. The van der Waals surface area contributed by atoms with Crippen LogP contribution in [0.1, 0.15) is 36.5 Å². The highest BCUT2D eigenvalue weighted by molar-refractivity contribution is 5.93. The highest BCUT2D eigenvalue weighted by Crippen LogP contribution is 2.20. The Morgan fingerprint density at radius 2 is 2.24 bits per heavy atom. The molecule has 0 aromatic carbocycles. The summed E-state index contributed by atoms with van der Waals surface area (Å²) in [5.74, 6) is 1.72. The molecule has 21 heavy (non-hydrogen) atoms. The number of hydrogen-bond acceptors (Lipinski definition) is 4.